The number of benzene rings is 1. The first-order valence-corrected chi connectivity index (χ1v) is 17.8. The number of halogens is 1. The van der Waals surface area contributed by atoms with Crippen LogP contribution in [0.3, 0.4) is 0 Å². The van der Waals surface area contributed by atoms with E-state index in [0.29, 0.717) is 5.92 Å². The van der Waals surface area contributed by atoms with Gasteiger partial charge < -0.3 is 18.8 Å². The van der Waals surface area contributed by atoms with E-state index in [9.17, 15) is 4.79 Å². The third kappa shape index (κ3) is 4.27. The fourth-order valence-corrected chi connectivity index (χ4v) is 11.5. The van der Waals surface area contributed by atoms with E-state index >= 15 is 0 Å². The number of allylic oxidation sites excluding steroid dienone is 6. The molecule has 47 heavy (non-hydrogen) atoms. The van der Waals surface area contributed by atoms with Crippen LogP contribution >= 0.6 is 11.6 Å². The van der Waals surface area contributed by atoms with Crippen LogP contribution in [0, 0.1) is 33.0 Å². The van der Waals surface area contributed by atoms with Crippen molar-refractivity contribution >= 4 is 34.0 Å². The zero-order valence-corrected chi connectivity index (χ0v) is 30.8. The van der Waals surface area contributed by atoms with Crippen LogP contribution in [0.5, 0.6) is 0 Å². The second-order valence-electron chi connectivity index (χ2n) is 16.6. The van der Waals surface area contributed by atoms with E-state index in [2.05, 4.69) is 83.6 Å². The molecule has 3 fully saturated rings. The summed E-state index contributed by atoms with van der Waals surface area (Å²) in [6.45, 7) is 14.5. The summed E-state index contributed by atoms with van der Waals surface area (Å²) < 4.78 is 19.8. The molecule has 0 radical (unpaired) electrons. The summed E-state index contributed by atoms with van der Waals surface area (Å²) in [5.41, 5.74) is 8.46. The first-order chi connectivity index (χ1) is 22.1. The number of ether oxygens (including phenoxy) is 3. The molecule has 0 spiro atoms. The Morgan fingerprint density at radius 3 is 2.38 bits per heavy atom. The molecule has 0 aliphatic heterocycles. The molecule has 3 saturated carbocycles. The Hall–Kier alpha value is -2.76. The van der Waals surface area contributed by atoms with Gasteiger partial charge in [0.25, 0.3) is 0 Å². The van der Waals surface area contributed by atoms with Crippen LogP contribution in [0.4, 0.5) is 0 Å². The summed E-state index contributed by atoms with van der Waals surface area (Å²) in [6.07, 6.45) is 14.3. The maximum atomic E-state index is 13.2. The number of methoxy groups -OCH3 is 3. The van der Waals surface area contributed by atoms with Crippen LogP contribution in [0.25, 0.3) is 16.5 Å². The van der Waals surface area contributed by atoms with Crippen molar-refractivity contribution in [3.05, 3.63) is 75.2 Å². The van der Waals surface area contributed by atoms with Gasteiger partial charge >= 0.3 is 5.97 Å². The van der Waals surface area contributed by atoms with Gasteiger partial charge in [-0.1, -0.05) is 57.0 Å². The minimum Gasteiger partial charge on any atom is -0.498 e. The van der Waals surface area contributed by atoms with Gasteiger partial charge in [0, 0.05) is 47.3 Å². The summed E-state index contributed by atoms with van der Waals surface area (Å²) in [5, 5.41) is 1.93. The highest BCUT2D eigenvalue weighted by atomic mass is 35.5. The fourth-order valence-electron chi connectivity index (χ4n) is 11.3. The Morgan fingerprint density at radius 1 is 0.979 bits per heavy atom. The highest BCUT2D eigenvalue weighted by Gasteiger charge is 2.67. The van der Waals surface area contributed by atoms with Gasteiger partial charge in [-0.25, -0.2) is 0 Å². The van der Waals surface area contributed by atoms with E-state index in [1.807, 2.05) is 6.07 Å². The molecule has 1 aromatic carbocycles. The lowest BCUT2D eigenvalue weighted by molar-refractivity contribution is -0.180. The molecule has 0 N–H and O–H groups in total. The maximum absolute atomic E-state index is 13.2. The topological polar surface area (TPSA) is 49.7 Å². The smallest absolute Gasteiger partial charge is 0.311 e. The average molecular weight is 658 g/mol. The van der Waals surface area contributed by atoms with Gasteiger partial charge in [0.2, 0.25) is 0 Å². The molecule has 5 aliphatic rings. The number of hydrogen-bond acceptors (Lipinski definition) is 4. The lowest BCUT2D eigenvalue weighted by Crippen LogP contribution is -2.62. The number of esters is 1. The minimum atomic E-state index is -0.444. The van der Waals surface area contributed by atoms with Gasteiger partial charge in [-0.3, -0.25) is 4.79 Å². The molecule has 1 unspecified atom stereocenters. The van der Waals surface area contributed by atoms with Gasteiger partial charge in [0.15, 0.2) is 0 Å². The lowest BCUT2D eigenvalue weighted by Gasteiger charge is -2.70. The number of rotatable bonds is 4. The van der Waals surface area contributed by atoms with Crippen molar-refractivity contribution in [3.8, 4) is 0 Å². The molecule has 0 saturated heterocycles. The van der Waals surface area contributed by atoms with E-state index in [1.165, 1.54) is 39.7 Å². The van der Waals surface area contributed by atoms with Crippen molar-refractivity contribution in [2.45, 2.75) is 92.6 Å². The first kappa shape index (κ1) is 32.8. The molecular weight excluding hydrogens is 606 g/mol. The fraction of sp³-hybridized carbons (Fsp3) is 0.585. The molecule has 7 atom stereocenters. The summed E-state index contributed by atoms with van der Waals surface area (Å²) in [4.78, 5) is 13.2. The molecule has 5 nitrogen and oxygen atoms in total. The number of carbonyl (C=O) groups is 1. The van der Waals surface area contributed by atoms with Gasteiger partial charge in [-0.05, 0) is 121 Å². The molecule has 1 heterocycles. The normalized spacial score (nSPS) is 38.2. The monoisotopic (exact) mass is 657 g/mol. The Kier molecular flexibility index (Phi) is 7.40. The molecule has 1 aromatic heterocycles. The molecule has 2 aromatic rings. The second kappa shape index (κ2) is 10.6. The Morgan fingerprint density at radius 2 is 1.70 bits per heavy atom. The quantitative estimate of drug-likeness (QED) is 0.307. The lowest BCUT2D eigenvalue weighted by atomic mass is 9.34. The molecule has 0 amide bonds. The van der Waals surface area contributed by atoms with Crippen molar-refractivity contribution in [3.63, 3.8) is 0 Å². The molecular formula is C41H52ClNO4. The van der Waals surface area contributed by atoms with E-state index in [-0.39, 0.29) is 33.7 Å². The average Bonchev–Trinajstić information content (AvgIpc) is 3.37. The van der Waals surface area contributed by atoms with E-state index in [4.69, 9.17) is 25.8 Å². The van der Waals surface area contributed by atoms with Gasteiger partial charge in [-0.15, -0.1) is 0 Å². The standard InChI is InChI=1S/C41H52ClNO4/c1-24-34-27(28-23-43(7)30-19-25(42)11-12-26(28)30)20-32-39(4,29(34)21-31(45-8)35(24)46-9)16-18-41(6)33-22-38(3,36(44)47-10)14-13-37(33,2)15-17-40(32,41)5/h11-12,19-21,23,31,33H,13-18,22H2,1-10H3/t31?,33-,37-,38-,39+,40-,41+/m1/s1. The molecule has 7 rings (SSSR count). The number of hydrogen-bond donors (Lipinski definition) is 0. The second-order valence-corrected chi connectivity index (χ2v) is 17.1. The van der Waals surface area contributed by atoms with Gasteiger partial charge in [-0.2, -0.15) is 0 Å². The van der Waals surface area contributed by atoms with Crippen LogP contribution in [-0.4, -0.2) is 38.0 Å². The molecule has 5 aliphatic carbocycles. The van der Waals surface area contributed by atoms with Crippen molar-refractivity contribution in [2.24, 2.45) is 40.0 Å². The van der Waals surface area contributed by atoms with Crippen molar-refractivity contribution in [1.82, 2.24) is 4.57 Å². The highest BCUT2D eigenvalue weighted by molar-refractivity contribution is 6.31. The van der Waals surface area contributed by atoms with Crippen molar-refractivity contribution < 1.29 is 19.0 Å². The summed E-state index contributed by atoms with van der Waals surface area (Å²) in [6, 6.07) is 6.24. The Bertz CT molecular complexity index is 1830. The number of nitrogens with zero attached hydrogens (tertiary/aromatic N) is 1. The van der Waals surface area contributed by atoms with Crippen LogP contribution in [-0.2, 0) is 26.1 Å². The van der Waals surface area contributed by atoms with Gasteiger partial charge in [0.05, 0.1) is 19.6 Å². The van der Waals surface area contributed by atoms with E-state index < -0.39 is 5.41 Å². The predicted molar refractivity (Wildman–Crippen MR) is 190 cm³/mol. The minimum absolute atomic E-state index is 0.0222. The summed E-state index contributed by atoms with van der Waals surface area (Å²) in [7, 11) is 7.20. The number of fused-ring (bicyclic) bond motifs is 8. The zero-order chi connectivity index (χ0) is 33.9. The Balaban J connectivity index is 1.49. The Labute approximate surface area is 286 Å². The molecule has 0 bridgehead atoms. The molecule has 252 valence electrons. The zero-order valence-electron chi connectivity index (χ0n) is 30.0. The number of carbonyl (C=O) groups excluding carboxylic acids is 1. The SMILES string of the molecule is COC(=O)[C@]1(C)CC[C@]2(C)CC[C@]3(C)C4=CC(c5cn(C)c6cc(Cl)ccc56)=C5C(=CC(OC)C(OC)=C5C)[C@]4(C)CC[C@@]3(C)[C@@H]2C1. The van der Waals surface area contributed by atoms with E-state index in [0.717, 1.165) is 60.4 Å². The number of aryl methyl sites for hydroxylation is 1. The number of aromatic nitrogens is 1. The third-order valence-electron chi connectivity index (χ3n) is 14.4. The van der Waals surface area contributed by atoms with E-state index in [1.54, 1.807) is 21.3 Å². The maximum Gasteiger partial charge on any atom is 0.311 e. The third-order valence-corrected chi connectivity index (χ3v) is 14.7. The van der Waals surface area contributed by atoms with Crippen molar-refractivity contribution in [1.29, 1.82) is 0 Å². The van der Waals surface area contributed by atoms with Crippen molar-refractivity contribution in [2.75, 3.05) is 21.3 Å². The molecule has 6 heteroatoms. The van der Waals surface area contributed by atoms with Crippen LogP contribution < -0.4 is 0 Å². The predicted octanol–water partition coefficient (Wildman–Crippen LogP) is 9.99. The van der Waals surface area contributed by atoms with Gasteiger partial charge in [0.1, 0.15) is 11.9 Å². The van der Waals surface area contributed by atoms with Crippen LogP contribution in [0.1, 0.15) is 92.1 Å². The summed E-state index contributed by atoms with van der Waals surface area (Å²) in [5.74, 6) is 1.24. The first-order valence-electron chi connectivity index (χ1n) is 17.4. The summed E-state index contributed by atoms with van der Waals surface area (Å²) >= 11 is 6.51. The largest absolute Gasteiger partial charge is 0.498 e. The van der Waals surface area contributed by atoms with Crippen LogP contribution in [0.15, 0.2) is 64.6 Å². The highest BCUT2D eigenvalue weighted by Crippen LogP contribution is 2.76. The van der Waals surface area contributed by atoms with Crippen LogP contribution in [0.2, 0.25) is 5.02 Å².